The van der Waals surface area contributed by atoms with Gasteiger partial charge in [0.1, 0.15) is 0 Å². The van der Waals surface area contributed by atoms with Crippen LogP contribution in [-0.2, 0) is 23.1 Å². The third-order valence-electron chi connectivity index (χ3n) is 4.92. The van der Waals surface area contributed by atoms with Gasteiger partial charge in [0.05, 0.1) is 12.0 Å². The third-order valence-corrected chi connectivity index (χ3v) is 6.34. The third kappa shape index (κ3) is 6.24. The molecule has 0 bridgehead atoms. The fraction of sp³-hybridized carbons (Fsp3) is 0.167. The zero-order chi connectivity index (χ0) is 24.0. The number of carbonyl (C=O) groups excluding carboxylic acids is 2. The summed E-state index contributed by atoms with van der Waals surface area (Å²) < 4.78 is 46.0. The Morgan fingerprint density at radius 1 is 0.879 bits per heavy atom. The smallest absolute Gasteiger partial charge is 0.251 e. The van der Waals surface area contributed by atoms with E-state index >= 15 is 0 Å². The van der Waals surface area contributed by atoms with Crippen molar-refractivity contribution in [2.45, 2.75) is 24.9 Å². The Bertz CT molecular complexity index is 1260. The second-order valence-corrected chi connectivity index (χ2v) is 9.02. The van der Waals surface area contributed by atoms with E-state index < -0.39 is 15.8 Å². The van der Waals surface area contributed by atoms with Crippen LogP contribution in [-0.4, -0.2) is 27.2 Å². The van der Waals surface area contributed by atoms with Crippen LogP contribution in [0.1, 0.15) is 38.8 Å². The topological polar surface area (TPSA) is 102 Å². The van der Waals surface area contributed by atoms with E-state index in [0.717, 1.165) is 0 Å². The standard InChI is InChI=1S/C24H23FN2O5S/c1-16(28)19-8-10-21(11-9-19)33(30,31)27-15-17-3-6-20(7-4-17)24(29)26-14-18-5-12-23(32-2)22(25)13-18/h3-13,27H,14-15H2,1-2H3,(H,26,29). The lowest BCUT2D eigenvalue weighted by atomic mass is 10.1. The fourth-order valence-corrected chi connectivity index (χ4v) is 4.03. The number of sulfonamides is 1. The van der Waals surface area contributed by atoms with Crippen molar-refractivity contribution >= 4 is 21.7 Å². The molecule has 0 aliphatic heterocycles. The summed E-state index contributed by atoms with van der Waals surface area (Å²) in [5, 5.41) is 2.71. The quantitative estimate of drug-likeness (QED) is 0.467. The highest BCUT2D eigenvalue weighted by molar-refractivity contribution is 7.89. The molecule has 0 radical (unpaired) electrons. The number of methoxy groups -OCH3 is 1. The summed E-state index contributed by atoms with van der Waals surface area (Å²) in [5.41, 5.74) is 2.06. The maximum absolute atomic E-state index is 13.8. The molecule has 9 heteroatoms. The van der Waals surface area contributed by atoms with Crippen LogP contribution in [0, 0.1) is 5.82 Å². The molecule has 3 rings (SSSR count). The molecule has 0 aliphatic carbocycles. The zero-order valence-corrected chi connectivity index (χ0v) is 18.9. The summed E-state index contributed by atoms with van der Waals surface area (Å²) in [7, 11) is -2.38. The Morgan fingerprint density at radius 3 is 2.06 bits per heavy atom. The number of Topliss-reactive ketones (excluding diaryl/α,β-unsaturated/α-hetero) is 1. The van der Waals surface area contributed by atoms with Crippen molar-refractivity contribution in [2.24, 2.45) is 0 Å². The van der Waals surface area contributed by atoms with Crippen LogP contribution in [0.15, 0.2) is 71.6 Å². The number of halogens is 1. The normalized spacial score (nSPS) is 11.1. The van der Waals surface area contributed by atoms with E-state index in [1.807, 2.05) is 0 Å². The van der Waals surface area contributed by atoms with Crippen molar-refractivity contribution in [3.8, 4) is 5.75 Å². The Morgan fingerprint density at radius 2 is 1.48 bits per heavy atom. The molecule has 0 aliphatic rings. The average molecular weight is 471 g/mol. The zero-order valence-electron chi connectivity index (χ0n) is 18.1. The van der Waals surface area contributed by atoms with Crippen LogP contribution in [0.2, 0.25) is 0 Å². The van der Waals surface area contributed by atoms with Gasteiger partial charge in [-0.1, -0.05) is 30.3 Å². The number of amides is 1. The minimum absolute atomic E-state index is 0.0316. The molecule has 33 heavy (non-hydrogen) atoms. The van der Waals surface area contributed by atoms with Gasteiger partial charge in [-0.15, -0.1) is 0 Å². The minimum atomic E-state index is -3.76. The van der Waals surface area contributed by atoms with Crippen LogP contribution in [0.4, 0.5) is 4.39 Å². The molecule has 2 N–H and O–H groups in total. The first-order valence-electron chi connectivity index (χ1n) is 10.00. The number of hydrogen-bond acceptors (Lipinski definition) is 5. The number of rotatable bonds is 9. The van der Waals surface area contributed by atoms with E-state index in [-0.39, 0.29) is 35.4 Å². The largest absolute Gasteiger partial charge is 0.494 e. The summed E-state index contributed by atoms with van der Waals surface area (Å²) in [5.74, 6) is -0.869. The lowest BCUT2D eigenvalue weighted by molar-refractivity contribution is 0.0949. The monoisotopic (exact) mass is 470 g/mol. The highest BCUT2D eigenvalue weighted by Gasteiger charge is 2.14. The van der Waals surface area contributed by atoms with E-state index in [0.29, 0.717) is 22.3 Å². The van der Waals surface area contributed by atoms with Crippen molar-refractivity contribution in [1.82, 2.24) is 10.0 Å². The van der Waals surface area contributed by atoms with Gasteiger partial charge in [-0.3, -0.25) is 9.59 Å². The Kier molecular flexibility index (Phi) is 7.57. The molecule has 0 heterocycles. The van der Waals surface area contributed by atoms with Crippen LogP contribution >= 0.6 is 0 Å². The van der Waals surface area contributed by atoms with Gasteiger partial charge in [-0.2, -0.15) is 0 Å². The van der Waals surface area contributed by atoms with Crippen LogP contribution in [0.5, 0.6) is 5.75 Å². The fourth-order valence-electron chi connectivity index (χ4n) is 3.01. The number of nitrogens with one attached hydrogen (secondary N) is 2. The highest BCUT2D eigenvalue weighted by atomic mass is 32.2. The van der Waals surface area contributed by atoms with Gasteiger partial charge >= 0.3 is 0 Å². The lowest BCUT2D eigenvalue weighted by Gasteiger charge is -2.09. The molecule has 3 aromatic carbocycles. The SMILES string of the molecule is COc1ccc(CNC(=O)c2ccc(CNS(=O)(=O)c3ccc(C(C)=O)cc3)cc2)cc1F. The lowest BCUT2D eigenvalue weighted by Crippen LogP contribution is -2.24. The summed E-state index contributed by atoms with van der Waals surface area (Å²) in [6.07, 6.45) is 0. The van der Waals surface area contributed by atoms with Crippen molar-refractivity contribution in [1.29, 1.82) is 0 Å². The number of benzene rings is 3. The molecule has 0 spiro atoms. The molecule has 0 saturated heterocycles. The molecular weight excluding hydrogens is 447 g/mol. The first-order valence-corrected chi connectivity index (χ1v) is 11.5. The van der Waals surface area contributed by atoms with Gasteiger partial charge in [0.2, 0.25) is 10.0 Å². The average Bonchev–Trinajstić information content (AvgIpc) is 2.81. The first-order chi connectivity index (χ1) is 15.7. The predicted octanol–water partition coefficient (Wildman–Crippen LogP) is 3.45. The second kappa shape index (κ2) is 10.4. The maximum Gasteiger partial charge on any atom is 0.251 e. The highest BCUT2D eigenvalue weighted by Crippen LogP contribution is 2.18. The molecule has 1 amide bonds. The maximum atomic E-state index is 13.8. The molecule has 172 valence electrons. The molecule has 0 atom stereocenters. The van der Waals surface area contributed by atoms with Gasteiger partial charge in [0, 0.05) is 24.2 Å². The Balaban J connectivity index is 1.56. The molecule has 0 aromatic heterocycles. The van der Waals surface area contributed by atoms with Crippen LogP contribution < -0.4 is 14.8 Å². The second-order valence-electron chi connectivity index (χ2n) is 7.25. The summed E-state index contributed by atoms with van der Waals surface area (Å²) in [6, 6.07) is 16.6. The van der Waals surface area contributed by atoms with Crippen molar-refractivity contribution in [3.63, 3.8) is 0 Å². The summed E-state index contributed by atoms with van der Waals surface area (Å²) >= 11 is 0. The minimum Gasteiger partial charge on any atom is -0.494 e. The van der Waals surface area contributed by atoms with Gasteiger partial charge < -0.3 is 10.1 Å². The molecule has 0 unspecified atom stereocenters. The summed E-state index contributed by atoms with van der Waals surface area (Å²) in [6.45, 7) is 1.58. The van der Waals surface area contributed by atoms with Crippen molar-refractivity contribution in [2.75, 3.05) is 7.11 Å². The van der Waals surface area contributed by atoms with Gasteiger partial charge in [0.15, 0.2) is 17.3 Å². The van der Waals surface area contributed by atoms with E-state index in [2.05, 4.69) is 10.0 Å². The van der Waals surface area contributed by atoms with Crippen LogP contribution in [0.3, 0.4) is 0 Å². The van der Waals surface area contributed by atoms with E-state index in [9.17, 15) is 22.4 Å². The molecule has 0 saturated carbocycles. The van der Waals surface area contributed by atoms with Gasteiger partial charge in [-0.05, 0) is 54.4 Å². The number of ether oxygens (including phenoxy) is 1. The Hall–Kier alpha value is -3.56. The van der Waals surface area contributed by atoms with Gasteiger partial charge in [-0.25, -0.2) is 17.5 Å². The molecule has 0 fully saturated rings. The molecule has 7 nitrogen and oxygen atoms in total. The number of ketones is 1. The van der Waals surface area contributed by atoms with Crippen molar-refractivity contribution in [3.05, 3.63) is 94.8 Å². The van der Waals surface area contributed by atoms with E-state index in [1.54, 1.807) is 30.3 Å². The summed E-state index contributed by atoms with van der Waals surface area (Å²) in [4.78, 5) is 23.7. The first kappa shape index (κ1) is 24.1. The van der Waals surface area contributed by atoms with E-state index in [1.165, 1.54) is 50.4 Å². The molecular formula is C24H23FN2O5S. The predicted molar refractivity (Wildman–Crippen MR) is 121 cm³/mol. The number of hydrogen-bond donors (Lipinski definition) is 2. The number of carbonyl (C=O) groups is 2. The Labute approximate surface area is 191 Å². The molecule has 3 aromatic rings. The van der Waals surface area contributed by atoms with E-state index in [4.69, 9.17) is 4.74 Å². The van der Waals surface area contributed by atoms with Gasteiger partial charge in [0.25, 0.3) is 5.91 Å². The van der Waals surface area contributed by atoms with Crippen LogP contribution in [0.25, 0.3) is 0 Å². The van der Waals surface area contributed by atoms with Crippen molar-refractivity contribution < 1.29 is 27.1 Å².